The van der Waals surface area contributed by atoms with Gasteiger partial charge in [-0.15, -0.1) is 0 Å². The molecule has 1 saturated heterocycles. The van der Waals surface area contributed by atoms with Crippen molar-refractivity contribution in [3.63, 3.8) is 0 Å². The Morgan fingerprint density at radius 1 is 1.00 bits per heavy atom. The van der Waals surface area contributed by atoms with Crippen molar-refractivity contribution in [1.29, 1.82) is 0 Å². The number of halogens is 1. The minimum atomic E-state index is -0.804. The zero-order valence-electron chi connectivity index (χ0n) is 14.5. The lowest BCUT2D eigenvalue weighted by molar-refractivity contribution is -0.121. The Hall–Kier alpha value is -3.12. The van der Waals surface area contributed by atoms with E-state index >= 15 is 0 Å². The quantitative estimate of drug-likeness (QED) is 0.708. The van der Waals surface area contributed by atoms with Gasteiger partial charge in [0.05, 0.1) is 22.9 Å². The zero-order valence-corrected chi connectivity index (χ0v) is 15.2. The number of hydrogen-bond acceptors (Lipinski definition) is 3. The molecule has 0 saturated carbocycles. The van der Waals surface area contributed by atoms with Crippen molar-refractivity contribution in [3.8, 4) is 5.69 Å². The maximum absolute atomic E-state index is 13.0. The van der Waals surface area contributed by atoms with Crippen LogP contribution in [0.15, 0.2) is 59.4 Å². The van der Waals surface area contributed by atoms with Crippen LogP contribution < -0.4 is 10.5 Å². The van der Waals surface area contributed by atoms with Crippen LogP contribution in [0, 0.1) is 6.92 Å². The number of benzene rings is 2. The van der Waals surface area contributed by atoms with Crippen molar-refractivity contribution in [2.45, 2.75) is 19.3 Å². The Labute approximate surface area is 160 Å². The molecule has 0 spiro atoms. The molecule has 0 radical (unpaired) electrons. The van der Waals surface area contributed by atoms with Gasteiger partial charge in [0, 0.05) is 17.1 Å². The third kappa shape index (κ3) is 2.88. The predicted octanol–water partition coefficient (Wildman–Crippen LogP) is 3.17. The van der Waals surface area contributed by atoms with Gasteiger partial charge in [0.15, 0.2) is 0 Å². The number of carbonyl (C=O) groups excluding carboxylic acids is 2. The number of anilines is 1. The lowest BCUT2D eigenvalue weighted by Gasteiger charge is -2.14. The van der Waals surface area contributed by atoms with Crippen molar-refractivity contribution in [2.24, 2.45) is 0 Å². The highest BCUT2D eigenvalue weighted by Gasteiger charge is 2.43. The number of aryl methyl sites for hydroxylation is 1. The fourth-order valence-corrected chi connectivity index (χ4v) is 3.66. The zero-order chi connectivity index (χ0) is 19.1. The van der Waals surface area contributed by atoms with Crippen LogP contribution in [0.4, 0.5) is 5.69 Å². The van der Waals surface area contributed by atoms with Crippen molar-refractivity contribution in [2.75, 3.05) is 4.90 Å². The Morgan fingerprint density at radius 3 is 2.41 bits per heavy atom. The molecule has 1 aromatic heterocycles. The normalized spacial score (nSPS) is 17.0. The summed E-state index contributed by atoms with van der Waals surface area (Å²) in [4.78, 5) is 39.6. The van der Waals surface area contributed by atoms with Crippen LogP contribution in [0.1, 0.15) is 23.6 Å². The summed E-state index contributed by atoms with van der Waals surface area (Å²) in [6.45, 7) is 1.72. The van der Waals surface area contributed by atoms with Crippen molar-refractivity contribution in [3.05, 3.63) is 81.2 Å². The summed E-state index contributed by atoms with van der Waals surface area (Å²) in [5.41, 5.74) is 1.60. The van der Waals surface area contributed by atoms with Crippen molar-refractivity contribution >= 4 is 29.1 Å². The lowest BCUT2D eigenvalue weighted by atomic mass is 9.98. The second kappa shape index (κ2) is 6.55. The van der Waals surface area contributed by atoms with Crippen molar-refractivity contribution in [1.82, 2.24) is 9.78 Å². The number of nitrogens with one attached hydrogen (secondary N) is 1. The van der Waals surface area contributed by atoms with Gasteiger partial charge in [-0.25, -0.2) is 4.68 Å². The molecule has 4 rings (SSSR count). The van der Waals surface area contributed by atoms with Crippen LogP contribution in [0.2, 0.25) is 5.02 Å². The highest BCUT2D eigenvalue weighted by molar-refractivity contribution is 6.30. The van der Waals surface area contributed by atoms with E-state index in [0.29, 0.717) is 27.7 Å². The molecule has 2 aromatic carbocycles. The summed E-state index contributed by atoms with van der Waals surface area (Å²) in [6.07, 6.45) is -0.0305. The molecule has 1 N–H and O–H groups in total. The van der Waals surface area contributed by atoms with Gasteiger partial charge >= 0.3 is 0 Å². The van der Waals surface area contributed by atoms with E-state index in [-0.39, 0.29) is 23.8 Å². The summed E-state index contributed by atoms with van der Waals surface area (Å²) in [7, 11) is 0. The first kappa shape index (κ1) is 17.3. The molecule has 6 nitrogen and oxygen atoms in total. The SMILES string of the molecule is Cc1[nH]n(-c2cccc(Cl)c2)c(=O)c1[C@H]1CC(=O)N(c2ccccc2)C1=O. The average molecular weight is 382 g/mol. The van der Waals surface area contributed by atoms with E-state index in [1.807, 2.05) is 6.07 Å². The molecule has 0 unspecified atom stereocenters. The number of carbonyl (C=O) groups is 2. The van der Waals surface area contributed by atoms with Crippen molar-refractivity contribution < 1.29 is 9.59 Å². The minimum absolute atomic E-state index is 0.0305. The van der Waals surface area contributed by atoms with Gasteiger partial charge in [-0.2, -0.15) is 0 Å². The molecule has 7 heteroatoms. The first-order valence-electron chi connectivity index (χ1n) is 8.46. The highest BCUT2D eigenvalue weighted by Crippen LogP contribution is 2.33. The van der Waals surface area contributed by atoms with Crippen LogP contribution in [0.3, 0.4) is 0 Å². The molecule has 0 aliphatic carbocycles. The third-order valence-corrected chi connectivity index (χ3v) is 4.93. The monoisotopic (exact) mass is 381 g/mol. The number of amides is 2. The molecular weight excluding hydrogens is 366 g/mol. The standard InChI is InChI=1S/C20H16ClN3O3/c1-12-18(20(27)24(22-12)15-9-5-6-13(21)10-15)16-11-17(25)23(19(16)26)14-7-3-2-4-8-14/h2-10,16,22H,11H2,1H3/t16-/m1/s1. The topological polar surface area (TPSA) is 75.2 Å². The largest absolute Gasteiger partial charge is 0.295 e. The number of aromatic amines is 1. The number of aromatic nitrogens is 2. The van der Waals surface area contributed by atoms with Gasteiger partial charge < -0.3 is 0 Å². The Morgan fingerprint density at radius 2 is 1.70 bits per heavy atom. The summed E-state index contributed by atoms with van der Waals surface area (Å²) < 4.78 is 1.35. The molecule has 0 bridgehead atoms. The van der Waals surface area contributed by atoms with E-state index in [9.17, 15) is 14.4 Å². The van der Waals surface area contributed by atoms with Gasteiger partial charge in [0.25, 0.3) is 5.56 Å². The molecule has 136 valence electrons. The summed E-state index contributed by atoms with van der Waals surface area (Å²) in [5.74, 6) is -1.50. The van der Waals surface area contributed by atoms with E-state index in [4.69, 9.17) is 11.6 Å². The second-order valence-electron chi connectivity index (χ2n) is 6.43. The van der Waals surface area contributed by atoms with E-state index in [0.717, 1.165) is 4.90 Å². The van der Waals surface area contributed by atoms with E-state index in [1.54, 1.807) is 55.5 Å². The molecular formula is C20H16ClN3O3. The fourth-order valence-electron chi connectivity index (χ4n) is 3.47. The number of imide groups is 1. The molecule has 2 amide bonds. The van der Waals surface area contributed by atoms with Crippen LogP contribution in [-0.2, 0) is 9.59 Å². The van der Waals surface area contributed by atoms with E-state index in [2.05, 4.69) is 5.10 Å². The molecule has 1 aliphatic heterocycles. The van der Waals surface area contributed by atoms with Crippen LogP contribution >= 0.6 is 11.6 Å². The maximum Gasteiger partial charge on any atom is 0.275 e. The van der Waals surface area contributed by atoms with Crippen LogP contribution in [0.5, 0.6) is 0 Å². The number of nitrogens with zero attached hydrogens (tertiary/aromatic N) is 2. The summed E-state index contributed by atoms with van der Waals surface area (Å²) in [5, 5.41) is 3.48. The Balaban J connectivity index is 1.76. The molecule has 1 aliphatic rings. The fraction of sp³-hybridized carbons (Fsp3) is 0.150. The molecule has 27 heavy (non-hydrogen) atoms. The van der Waals surface area contributed by atoms with Gasteiger partial charge in [0.2, 0.25) is 11.8 Å². The maximum atomic E-state index is 13.0. The van der Waals surface area contributed by atoms with Gasteiger partial charge in [0.1, 0.15) is 0 Å². The third-order valence-electron chi connectivity index (χ3n) is 4.69. The molecule has 1 fully saturated rings. The van der Waals surface area contributed by atoms with E-state index in [1.165, 1.54) is 4.68 Å². The first-order valence-corrected chi connectivity index (χ1v) is 8.84. The number of H-pyrrole nitrogens is 1. The molecule has 2 heterocycles. The first-order chi connectivity index (χ1) is 13.0. The number of para-hydroxylation sites is 1. The second-order valence-corrected chi connectivity index (χ2v) is 6.87. The van der Waals surface area contributed by atoms with Gasteiger partial charge in [-0.3, -0.25) is 24.4 Å². The predicted molar refractivity (Wildman–Crippen MR) is 102 cm³/mol. The van der Waals surface area contributed by atoms with Crippen LogP contribution in [-0.4, -0.2) is 21.6 Å². The average Bonchev–Trinajstić information content (AvgIpc) is 3.10. The van der Waals surface area contributed by atoms with Gasteiger partial charge in [-0.05, 0) is 37.3 Å². The number of hydrogen-bond donors (Lipinski definition) is 1. The van der Waals surface area contributed by atoms with E-state index < -0.39 is 5.92 Å². The minimum Gasteiger partial charge on any atom is -0.295 e. The molecule has 3 aromatic rings. The molecule has 1 atom stereocenters. The number of rotatable bonds is 3. The lowest BCUT2D eigenvalue weighted by Crippen LogP contribution is -2.31. The van der Waals surface area contributed by atoms with Crippen LogP contribution in [0.25, 0.3) is 5.69 Å². The summed E-state index contributed by atoms with van der Waals surface area (Å²) in [6, 6.07) is 15.6. The highest BCUT2D eigenvalue weighted by atomic mass is 35.5. The summed E-state index contributed by atoms with van der Waals surface area (Å²) >= 11 is 6.02. The Kier molecular flexibility index (Phi) is 4.20. The Bertz CT molecular complexity index is 1100. The smallest absolute Gasteiger partial charge is 0.275 e. The van der Waals surface area contributed by atoms with Gasteiger partial charge in [-0.1, -0.05) is 35.9 Å².